The molecule has 3 rings (SSSR count). The van der Waals surface area contributed by atoms with Crippen LogP contribution < -0.4 is 14.8 Å². The number of nitrogens with one attached hydrogen (secondary N) is 1. The largest absolute Gasteiger partial charge is 0.490 e. The summed E-state index contributed by atoms with van der Waals surface area (Å²) in [4.78, 5) is 12.5. The van der Waals surface area contributed by atoms with Crippen molar-refractivity contribution in [2.24, 2.45) is 0 Å². The summed E-state index contributed by atoms with van der Waals surface area (Å²) >= 11 is 0. The van der Waals surface area contributed by atoms with Crippen molar-refractivity contribution < 1.29 is 31.8 Å². The first kappa shape index (κ1) is 25.3. The molecule has 3 aromatic rings. The van der Waals surface area contributed by atoms with E-state index in [1.807, 2.05) is 0 Å². The lowest BCUT2D eigenvalue weighted by molar-refractivity contribution is -0.137. The summed E-state index contributed by atoms with van der Waals surface area (Å²) in [6, 6.07) is 16.5. The maximum absolute atomic E-state index is 13.1. The number of hydrogen-bond donors (Lipinski definition) is 1. The predicted octanol–water partition coefficient (Wildman–Crippen LogP) is 6.37. The van der Waals surface area contributed by atoms with Gasteiger partial charge in [0.15, 0.2) is 11.5 Å². The van der Waals surface area contributed by atoms with Crippen LogP contribution in [-0.2, 0) is 17.6 Å². The molecule has 0 heterocycles. The quantitative estimate of drug-likeness (QED) is 0.229. The number of carbonyl (C=O) groups is 1. The second-order valence-corrected chi connectivity index (χ2v) is 7.26. The van der Waals surface area contributed by atoms with Crippen LogP contribution in [0.4, 0.5) is 23.2 Å². The Bertz CT molecular complexity index is 1260. The van der Waals surface area contributed by atoms with Crippen molar-refractivity contribution in [1.82, 2.24) is 0 Å². The minimum Gasteiger partial charge on any atom is -0.490 e. The van der Waals surface area contributed by atoms with Crippen LogP contribution in [0.3, 0.4) is 0 Å². The van der Waals surface area contributed by atoms with E-state index in [0.29, 0.717) is 23.7 Å². The summed E-state index contributed by atoms with van der Waals surface area (Å²) in [6.45, 7) is 2.26. The molecule has 0 aliphatic carbocycles. The second kappa shape index (κ2) is 11.2. The zero-order chi connectivity index (χ0) is 25.4. The zero-order valence-electron chi connectivity index (χ0n) is 18.5. The SMILES string of the molecule is CCOc1cc(/C=C(\C#N)C(=O)Nc2cccc(C(F)(F)F)c2)ccc1OCc1ccc(F)cc1. The van der Waals surface area contributed by atoms with Crippen molar-refractivity contribution >= 4 is 17.7 Å². The van der Waals surface area contributed by atoms with Gasteiger partial charge in [0, 0.05) is 5.69 Å². The number of alkyl halides is 3. The molecule has 9 heteroatoms. The van der Waals surface area contributed by atoms with Crippen LogP contribution in [0, 0.1) is 17.1 Å². The molecule has 0 aliphatic heterocycles. The van der Waals surface area contributed by atoms with Crippen LogP contribution in [0.15, 0.2) is 72.3 Å². The molecule has 0 spiro atoms. The molecule has 0 atom stereocenters. The summed E-state index contributed by atoms with van der Waals surface area (Å²) in [5.74, 6) is -0.453. The third kappa shape index (κ3) is 7.08. The van der Waals surface area contributed by atoms with E-state index in [0.717, 1.165) is 23.8 Å². The van der Waals surface area contributed by atoms with E-state index in [1.165, 1.54) is 24.3 Å². The molecular formula is C26H20F4N2O3. The number of rotatable bonds is 8. The van der Waals surface area contributed by atoms with E-state index in [9.17, 15) is 27.6 Å². The van der Waals surface area contributed by atoms with E-state index in [-0.39, 0.29) is 23.7 Å². The van der Waals surface area contributed by atoms with Gasteiger partial charge in [-0.15, -0.1) is 0 Å². The van der Waals surface area contributed by atoms with Gasteiger partial charge in [-0.25, -0.2) is 4.39 Å². The molecule has 0 radical (unpaired) electrons. The smallest absolute Gasteiger partial charge is 0.416 e. The number of nitrogens with zero attached hydrogens (tertiary/aromatic N) is 1. The van der Waals surface area contributed by atoms with Gasteiger partial charge in [-0.05, 0) is 66.6 Å². The molecule has 0 saturated carbocycles. The first-order valence-electron chi connectivity index (χ1n) is 10.4. The van der Waals surface area contributed by atoms with Crippen LogP contribution in [-0.4, -0.2) is 12.5 Å². The van der Waals surface area contributed by atoms with Gasteiger partial charge >= 0.3 is 6.18 Å². The molecule has 0 saturated heterocycles. The van der Waals surface area contributed by atoms with E-state index >= 15 is 0 Å². The van der Waals surface area contributed by atoms with Gasteiger partial charge < -0.3 is 14.8 Å². The Balaban J connectivity index is 1.78. The third-order valence-corrected chi connectivity index (χ3v) is 4.70. The fourth-order valence-electron chi connectivity index (χ4n) is 3.03. The number of carbonyl (C=O) groups excluding carboxylic acids is 1. The number of benzene rings is 3. The molecule has 180 valence electrons. The maximum atomic E-state index is 13.1. The molecule has 0 unspecified atom stereocenters. The van der Waals surface area contributed by atoms with Gasteiger partial charge in [-0.1, -0.05) is 24.3 Å². The fraction of sp³-hybridized carbons (Fsp3) is 0.154. The van der Waals surface area contributed by atoms with Crippen LogP contribution >= 0.6 is 0 Å². The first-order chi connectivity index (χ1) is 16.7. The summed E-state index contributed by atoms with van der Waals surface area (Å²) in [5.41, 5.74) is -0.139. The lowest BCUT2D eigenvalue weighted by Gasteiger charge is -2.13. The molecule has 5 nitrogen and oxygen atoms in total. The molecule has 35 heavy (non-hydrogen) atoms. The van der Waals surface area contributed by atoms with Gasteiger partial charge in [0.25, 0.3) is 5.91 Å². The minimum absolute atomic E-state index is 0.0921. The third-order valence-electron chi connectivity index (χ3n) is 4.70. The van der Waals surface area contributed by atoms with Gasteiger partial charge in [-0.2, -0.15) is 18.4 Å². The number of amides is 1. The van der Waals surface area contributed by atoms with Crippen LogP contribution in [0.25, 0.3) is 6.08 Å². The van der Waals surface area contributed by atoms with E-state index < -0.39 is 17.6 Å². The average Bonchev–Trinajstić information content (AvgIpc) is 2.83. The van der Waals surface area contributed by atoms with Crippen LogP contribution in [0.2, 0.25) is 0 Å². The van der Waals surface area contributed by atoms with Crippen molar-refractivity contribution in [3.05, 3.63) is 94.8 Å². The van der Waals surface area contributed by atoms with E-state index in [1.54, 1.807) is 43.3 Å². The number of anilines is 1. The molecule has 0 aromatic heterocycles. The Morgan fingerprint density at radius 2 is 1.77 bits per heavy atom. The van der Waals surface area contributed by atoms with Gasteiger partial charge in [-0.3, -0.25) is 4.79 Å². The Morgan fingerprint density at radius 3 is 2.43 bits per heavy atom. The van der Waals surface area contributed by atoms with Gasteiger partial charge in [0.2, 0.25) is 0 Å². The molecule has 0 aliphatic rings. The average molecular weight is 484 g/mol. The Labute approximate surface area is 199 Å². The Hall–Kier alpha value is -4.32. The van der Waals surface area contributed by atoms with E-state index in [2.05, 4.69) is 5.32 Å². The Morgan fingerprint density at radius 1 is 1.03 bits per heavy atom. The molecule has 0 bridgehead atoms. The predicted molar refractivity (Wildman–Crippen MR) is 122 cm³/mol. The van der Waals surface area contributed by atoms with Gasteiger partial charge in [0.1, 0.15) is 24.1 Å². The Kier molecular flexibility index (Phi) is 8.10. The summed E-state index contributed by atoms with van der Waals surface area (Å²) < 4.78 is 63.1. The van der Waals surface area contributed by atoms with Crippen LogP contribution in [0.5, 0.6) is 11.5 Å². The van der Waals surface area contributed by atoms with Crippen molar-refractivity contribution in [2.75, 3.05) is 11.9 Å². The highest BCUT2D eigenvalue weighted by Crippen LogP contribution is 2.32. The van der Waals surface area contributed by atoms with Gasteiger partial charge in [0.05, 0.1) is 12.2 Å². The highest BCUT2D eigenvalue weighted by atomic mass is 19.4. The highest BCUT2D eigenvalue weighted by molar-refractivity contribution is 6.09. The fourth-order valence-corrected chi connectivity index (χ4v) is 3.03. The monoisotopic (exact) mass is 484 g/mol. The molecule has 0 fully saturated rings. The summed E-state index contributed by atoms with van der Waals surface area (Å²) in [7, 11) is 0. The topological polar surface area (TPSA) is 71.3 Å². The summed E-state index contributed by atoms with van der Waals surface area (Å²) in [6.07, 6.45) is -3.28. The number of ether oxygens (including phenoxy) is 2. The molecular weight excluding hydrogens is 464 g/mol. The van der Waals surface area contributed by atoms with E-state index in [4.69, 9.17) is 9.47 Å². The van der Waals surface area contributed by atoms with Crippen molar-refractivity contribution in [2.45, 2.75) is 19.7 Å². The second-order valence-electron chi connectivity index (χ2n) is 7.26. The summed E-state index contributed by atoms with van der Waals surface area (Å²) in [5, 5.41) is 11.7. The maximum Gasteiger partial charge on any atom is 0.416 e. The zero-order valence-corrected chi connectivity index (χ0v) is 18.5. The van der Waals surface area contributed by atoms with Crippen molar-refractivity contribution in [1.29, 1.82) is 5.26 Å². The molecule has 3 aromatic carbocycles. The lowest BCUT2D eigenvalue weighted by Crippen LogP contribution is -2.14. The van der Waals surface area contributed by atoms with Crippen molar-refractivity contribution in [3.63, 3.8) is 0 Å². The number of halogens is 4. The first-order valence-corrected chi connectivity index (χ1v) is 10.4. The number of hydrogen-bond acceptors (Lipinski definition) is 4. The normalized spacial score (nSPS) is 11.5. The molecule has 1 N–H and O–H groups in total. The number of nitriles is 1. The standard InChI is InChI=1S/C26H20F4N2O3/c1-2-34-24-13-18(8-11-23(24)35-16-17-6-9-21(27)10-7-17)12-19(15-31)25(33)32-22-5-3-4-20(14-22)26(28,29)30/h3-14H,2,16H2,1H3,(H,32,33)/b19-12+. The minimum atomic E-state index is -4.56. The van der Waals surface area contributed by atoms with Crippen molar-refractivity contribution in [3.8, 4) is 17.6 Å². The lowest BCUT2D eigenvalue weighted by atomic mass is 10.1. The molecule has 1 amide bonds. The highest BCUT2D eigenvalue weighted by Gasteiger charge is 2.30. The van der Waals surface area contributed by atoms with Crippen LogP contribution in [0.1, 0.15) is 23.6 Å².